The highest BCUT2D eigenvalue weighted by atomic mass is 35.5. The van der Waals surface area contributed by atoms with Crippen molar-refractivity contribution in [1.82, 2.24) is 14.1 Å². The van der Waals surface area contributed by atoms with Crippen LogP contribution in [0, 0.1) is 5.82 Å². The number of sulfonamides is 1. The van der Waals surface area contributed by atoms with E-state index in [9.17, 15) is 12.8 Å². The van der Waals surface area contributed by atoms with Crippen molar-refractivity contribution >= 4 is 37.9 Å². The Kier molecular flexibility index (Phi) is 3.70. The molecule has 0 amide bonds. The molecule has 0 aliphatic carbocycles. The van der Waals surface area contributed by atoms with Crippen LogP contribution < -0.4 is 4.72 Å². The minimum Gasteiger partial charge on any atom is -0.279 e. The van der Waals surface area contributed by atoms with Crippen molar-refractivity contribution < 1.29 is 12.8 Å². The first-order chi connectivity index (χ1) is 9.97. The summed E-state index contributed by atoms with van der Waals surface area (Å²) < 4.78 is 41.3. The van der Waals surface area contributed by atoms with Crippen LogP contribution >= 0.6 is 22.9 Å². The summed E-state index contributed by atoms with van der Waals surface area (Å²) in [6, 6.07) is 5.56. The van der Waals surface area contributed by atoms with Gasteiger partial charge in [0.15, 0.2) is 15.1 Å². The highest BCUT2D eigenvalue weighted by Gasteiger charge is 2.24. The van der Waals surface area contributed by atoms with E-state index in [0.717, 1.165) is 0 Å². The fourth-order valence-corrected chi connectivity index (χ4v) is 4.29. The molecule has 2 aromatic heterocycles. The second kappa shape index (κ2) is 5.38. The van der Waals surface area contributed by atoms with Gasteiger partial charge >= 0.3 is 0 Å². The second-order valence-electron chi connectivity index (χ2n) is 4.21. The molecular formula is C12H9ClFN3O2S2. The summed E-state index contributed by atoms with van der Waals surface area (Å²) in [5, 5.41) is 1.55. The molecule has 0 fully saturated rings. The van der Waals surface area contributed by atoms with Gasteiger partial charge in [-0.2, -0.15) is 0 Å². The topological polar surface area (TPSA) is 63.5 Å². The zero-order valence-electron chi connectivity index (χ0n) is 10.5. The van der Waals surface area contributed by atoms with Crippen LogP contribution in [0.2, 0.25) is 5.15 Å². The van der Waals surface area contributed by atoms with Gasteiger partial charge in [-0.25, -0.2) is 22.5 Å². The smallest absolute Gasteiger partial charge is 0.260 e. The standard InChI is InChI=1S/C12H9ClFN3O2S2/c13-10-11(17-5-6-20-12(17)16-10)21(18,19)15-7-8-1-3-9(14)4-2-8/h1-6,15H,7H2. The Hall–Kier alpha value is -1.48. The van der Waals surface area contributed by atoms with Crippen molar-refractivity contribution in [2.24, 2.45) is 0 Å². The van der Waals surface area contributed by atoms with Crippen molar-refractivity contribution in [3.8, 4) is 0 Å². The van der Waals surface area contributed by atoms with Gasteiger partial charge in [0.05, 0.1) is 0 Å². The lowest BCUT2D eigenvalue weighted by Crippen LogP contribution is -2.24. The minimum atomic E-state index is -3.82. The van der Waals surface area contributed by atoms with Crippen molar-refractivity contribution in [2.75, 3.05) is 0 Å². The van der Waals surface area contributed by atoms with Crippen LogP contribution in [-0.2, 0) is 16.6 Å². The van der Waals surface area contributed by atoms with E-state index < -0.39 is 10.0 Å². The summed E-state index contributed by atoms with van der Waals surface area (Å²) in [6.07, 6.45) is 1.59. The Morgan fingerprint density at radius 2 is 2.05 bits per heavy atom. The van der Waals surface area contributed by atoms with Gasteiger partial charge in [0.2, 0.25) is 0 Å². The Morgan fingerprint density at radius 3 is 2.76 bits per heavy atom. The minimum absolute atomic E-state index is 0.0380. The average molecular weight is 346 g/mol. The third-order valence-corrected chi connectivity index (χ3v) is 5.37. The van der Waals surface area contributed by atoms with Crippen molar-refractivity contribution in [3.63, 3.8) is 0 Å². The Labute approximate surface area is 129 Å². The van der Waals surface area contributed by atoms with E-state index in [0.29, 0.717) is 10.5 Å². The largest absolute Gasteiger partial charge is 0.279 e. The zero-order chi connectivity index (χ0) is 15.0. The average Bonchev–Trinajstić information content (AvgIpc) is 2.97. The number of hydrogen-bond donors (Lipinski definition) is 1. The predicted octanol–water partition coefficient (Wildman–Crippen LogP) is 2.67. The van der Waals surface area contributed by atoms with Gasteiger partial charge in [-0.3, -0.25) is 4.40 Å². The highest BCUT2D eigenvalue weighted by Crippen LogP contribution is 2.25. The molecule has 0 aliphatic rings. The molecule has 0 spiro atoms. The van der Waals surface area contributed by atoms with E-state index in [4.69, 9.17) is 11.6 Å². The van der Waals surface area contributed by atoms with Gasteiger partial charge in [-0.05, 0) is 17.7 Å². The van der Waals surface area contributed by atoms with E-state index in [1.54, 1.807) is 11.6 Å². The van der Waals surface area contributed by atoms with Crippen LogP contribution in [0.15, 0.2) is 40.9 Å². The number of nitrogens with zero attached hydrogens (tertiary/aromatic N) is 2. The number of hydrogen-bond acceptors (Lipinski definition) is 4. The van der Waals surface area contributed by atoms with E-state index in [-0.39, 0.29) is 22.5 Å². The molecule has 0 atom stereocenters. The van der Waals surface area contributed by atoms with Gasteiger partial charge in [0.1, 0.15) is 5.82 Å². The van der Waals surface area contributed by atoms with Crippen molar-refractivity contribution in [1.29, 1.82) is 0 Å². The summed E-state index contributed by atoms with van der Waals surface area (Å²) in [7, 11) is -3.82. The lowest BCUT2D eigenvalue weighted by atomic mass is 10.2. The van der Waals surface area contributed by atoms with Crippen LogP contribution in [0.25, 0.3) is 4.96 Å². The van der Waals surface area contributed by atoms with Gasteiger partial charge in [0.25, 0.3) is 10.0 Å². The SMILES string of the molecule is O=S(=O)(NCc1ccc(F)cc1)c1c(Cl)nc2sccn12. The molecule has 9 heteroatoms. The summed E-state index contributed by atoms with van der Waals surface area (Å²) in [6.45, 7) is 0.0380. The molecule has 0 bridgehead atoms. The summed E-state index contributed by atoms with van der Waals surface area (Å²) in [4.78, 5) is 4.49. The number of halogens is 2. The molecule has 3 rings (SSSR count). The van der Waals surface area contributed by atoms with Crippen molar-refractivity contribution in [3.05, 3.63) is 52.4 Å². The van der Waals surface area contributed by atoms with E-state index in [1.807, 2.05) is 0 Å². The fourth-order valence-electron chi connectivity index (χ4n) is 1.83. The molecule has 110 valence electrons. The Balaban J connectivity index is 1.88. The third-order valence-electron chi connectivity index (χ3n) is 2.81. The molecule has 2 heterocycles. The molecule has 3 aromatic rings. The number of fused-ring (bicyclic) bond motifs is 1. The molecular weight excluding hydrogens is 337 g/mol. The Morgan fingerprint density at radius 1 is 1.33 bits per heavy atom. The van der Waals surface area contributed by atoms with Crippen molar-refractivity contribution in [2.45, 2.75) is 11.6 Å². The lowest BCUT2D eigenvalue weighted by Gasteiger charge is -2.06. The van der Waals surface area contributed by atoms with Gasteiger partial charge < -0.3 is 0 Å². The van der Waals surface area contributed by atoms with E-state index in [2.05, 4.69) is 9.71 Å². The zero-order valence-corrected chi connectivity index (χ0v) is 12.8. The Bertz CT molecular complexity index is 887. The number of thiazole rings is 1. The molecule has 5 nitrogen and oxygen atoms in total. The first-order valence-corrected chi connectivity index (χ1v) is 8.56. The summed E-state index contributed by atoms with van der Waals surface area (Å²) in [5.41, 5.74) is 0.641. The second-order valence-corrected chi connectivity index (χ2v) is 7.13. The molecule has 0 radical (unpaired) electrons. The number of aromatic nitrogens is 2. The maximum absolute atomic E-state index is 12.8. The number of benzene rings is 1. The molecule has 1 aromatic carbocycles. The summed E-state index contributed by atoms with van der Waals surface area (Å²) in [5.74, 6) is -0.375. The maximum Gasteiger partial charge on any atom is 0.260 e. The first-order valence-electron chi connectivity index (χ1n) is 5.82. The highest BCUT2D eigenvalue weighted by molar-refractivity contribution is 7.89. The summed E-state index contributed by atoms with van der Waals surface area (Å²) >= 11 is 7.19. The molecule has 21 heavy (non-hydrogen) atoms. The van der Waals surface area contributed by atoms with Gasteiger partial charge in [-0.15, -0.1) is 11.3 Å². The number of imidazole rings is 1. The molecule has 1 N–H and O–H groups in total. The molecule has 0 aliphatic heterocycles. The van der Waals surface area contributed by atoms with E-state index >= 15 is 0 Å². The van der Waals surface area contributed by atoms with Crippen LogP contribution in [-0.4, -0.2) is 17.8 Å². The predicted molar refractivity (Wildman–Crippen MR) is 78.5 cm³/mol. The lowest BCUT2D eigenvalue weighted by molar-refractivity contribution is 0.576. The number of rotatable bonds is 4. The molecule has 0 saturated heterocycles. The van der Waals surface area contributed by atoms with Gasteiger partial charge in [0, 0.05) is 18.1 Å². The monoisotopic (exact) mass is 345 g/mol. The van der Waals surface area contributed by atoms with E-state index in [1.165, 1.54) is 40.0 Å². The number of nitrogens with one attached hydrogen (secondary N) is 1. The normalized spacial score (nSPS) is 12.1. The quantitative estimate of drug-likeness (QED) is 0.790. The third kappa shape index (κ3) is 2.80. The van der Waals surface area contributed by atoms with Crippen LogP contribution in [0.1, 0.15) is 5.56 Å². The molecule has 0 saturated carbocycles. The van der Waals surface area contributed by atoms with Gasteiger partial charge in [-0.1, -0.05) is 23.7 Å². The fraction of sp³-hybridized carbons (Fsp3) is 0.0833. The van der Waals surface area contributed by atoms with Crippen LogP contribution in [0.3, 0.4) is 0 Å². The first kappa shape index (κ1) is 14.5. The van der Waals surface area contributed by atoms with Crippen LogP contribution in [0.5, 0.6) is 0 Å². The molecule has 0 unspecified atom stereocenters. The maximum atomic E-state index is 12.8. The van der Waals surface area contributed by atoms with Crippen LogP contribution in [0.4, 0.5) is 4.39 Å².